The summed E-state index contributed by atoms with van der Waals surface area (Å²) in [6.45, 7) is 4.97. The van der Waals surface area contributed by atoms with Crippen LogP contribution in [-0.2, 0) is 11.3 Å². The zero-order valence-electron chi connectivity index (χ0n) is 23.7. The molecule has 0 atom stereocenters. The van der Waals surface area contributed by atoms with Crippen molar-refractivity contribution in [2.75, 3.05) is 13.1 Å². The Hall–Kier alpha value is -4.41. The molecule has 1 saturated heterocycles. The predicted molar refractivity (Wildman–Crippen MR) is 150 cm³/mol. The van der Waals surface area contributed by atoms with Crippen LogP contribution in [-0.4, -0.2) is 41.5 Å². The van der Waals surface area contributed by atoms with Crippen LogP contribution in [0.1, 0.15) is 49.7 Å². The van der Waals surface area contributed by atoms with Crippen molar-refractivity contribution in [1.82, 2.24) is 10.2 Å². The molecule has 0 unspecified atom stereocenters. The van der Waals surface area contributed by atoms with E-state index in [2.05, 4.69) is 5.32 Å². The topological polar surface area (TPSA) is 71.8 Å². The number of rotatable bonds is 5. The Morgan fingerprint density at radius 2 is 1.56 bits per heavy atom. The number of nitrogens with zero attached hydrogens (tertiary/aromatic N) is 1. The van der Waals surface area contributed by atoms with Gasteiger partial charge in [0.25, 0.3) is 11.8 Å². The first-order valence-electron chi connectivity index (χ1n) is 13.6. The zero-order valence-corrected chi connectivity index (χ0v) is 23.7. The Labute approximate surface area is 244 Å². The lowest BCUT2D eigenvalue weighted by atomic mass is 9.95. The molecule has 1 aliphatic rings. The Morgan fingerprint density at radius 1 is 0.930 bits per heavy atom. The molecule has 1 fully saturated rings. The minimum Gasteiger partial charge on any atom is -0.459 e. The van der Waals surface area contributed by atoms with Gasteiger partial charge in [0.2, 0.25) is 0 Å². The molecule has 1 aromatic heterocycles. The smallest absolute Gasteiger partial charge is 0.408 e. The summed E-state index contributed by atoms with van der Waals surface area (Å²) < 4.78 is 81.8. The summed E-state index contributed by atoms with van der Waals surface area (Å²) in [6.07, 6.45) is -1.47. The molecular formula is C32H29F5N2O4. The molecule has 11 heteroatoms. The lowest BCUT2D eigenvalue weighted by Gasteiger charge is -2.31. The molecule has 43 heavy (non-hydrogen) atoms. The summed E-state index contributed by atoms with van der Waals surface area (Å²) in [7, 11) is 0. The number of amides is 2. The fraction of sp³-hybridized carbons (Fsp3) is 0.312. The number of alkyl carbamates (subject to hydrolysis) is 1. The summed E-state index contributed by atoms with van der Waals surface area (Å²) in [5.74, 6) is -6.21. The second-order valence-electron chi connectivity index (χ2n) is 11.5. The second-order valence-corrected chi connectivity index (χ2v) is 11.5. The molecule has 2 heterocycles. The van der Waals surface area contributed by atoms with Crippen molar-refractivity contribution in [3.05, 3.63) is 83.4 Å². The fourth-order valence-corrected chi connectivity index (χ4v) is 4.94. The number of halogens is 5. The van der Waals surface area contributed by atoms with Crippen molar-refractivity contribution in [1.29, 1.82) is 0 Å². The first kappa shape index (κ1) is 30.1. The van der Waals surface area contributed by atoms with Gasteiger partial charge in [0.05, 0.1) is 12.1 Å². The predicted octanol–water partition coefficient (Wildman–Crippen LogP) is 8.08. The van der Waals surface area contributed by atoms with Crippen LogP contribution in [0, 0.1) is 17.5 Å². The molecule has 2 amide bonds. The third kappa shape index (κ3) is 6.81. The molecule has 5 rings (SSSR count). The average molecular weight is 601 g/mol. The van der Waals surface area contributed by atoms with Crippen molar-refractivity contribution >= 4 is 23.0 Å². The van der Waals surface area contributed by atoms with E-state index in [1.807, 2.05) is 0 Å². The quantitative estimate of drug-likeness (QED) is 0.235. The maximum atomic E-state index is 15.0. The molecular weight excluding hydrogens is 571 g/mol. The first-order valence-corrected chi connectivity index (χ1v) is 13.6. The van der Waals surface area contributed by atoms with Gasteiger partial charge in [0.15, 0.2) is 0 Å². The third-order valence-electron chi connectivity index (χ3n) is 7.00. The summed E-state index contributed by atoms with van der Waals surface area (Å²) in [4.78, 5) is 26.4. The number of carbonyl (C=O) groups excluding carboxylic acids is 2. The number of alkyl halides is 2. The van der Waals surface area contributed by atoms with Gasteiger partial charge in [-0.3, -0.25) is 4.79 Å². The minimum atomic E-state index is -2.78. The number of carbonyl (C=O) groups is 2. The third-order valence-corrected chi connectivity index (χ3v) is 7.00. The first-order chi connectivity index (χ1) is 20.2. The fourth-order valence-electron chi connectivity index (χ4n) is 4.94. The monoisotopic (exact) mass is 600 g/mol. The van der Waals surface area contributed by atoms with E-state index in [0.717, 1.165) is 0 Å². The number of benzene rings is 3. The highest BCUT2D eigenvalue weighted by molar-refractivity contribution is 5.98. The van der Waals surface area contributed by atoms with Crippen molar-refractivity contribution in [2.45, 2.75) is 51.7 Å². The largest absolute Gasteiger partial charge is 0.459 e. The number of piperidine rings is 1. The number of hydrogen-bond donors (Lipinski definition) is 1. The van der Waals surface area contributed by atoms with E-state index >= 15 is 0 Å². The van der Waals surface area contributed by atoms with Crippen molar-refractivity contribution < 1.29 is 40.7 Å². The lowest BCUT2D eigenvalue weighted by Crippen LogP contribution is -2.42. The van der Waals surface area contributed by atoms with Gasteiger partial charge in [-0.15, -0.1) is 0 Å². The SMILES string of the molecule is CC(C)(C)OC(=O)NCc1cc2cc(-c3ccc(C(=O)N4CCC(F)(F)CC4)cc3)cc(-c3c(F)cc(F)cc3F)c2o1. The van der Waals surface area contributed by atoms with Crippen molar-refractivity contribution in [2.24, 2.45) is 0 Å². The van der Waals surface area contributed by atoms with E-state index in [0.29, 0.717) is 34.2 Å². The molecule has 226 valence electrons. The zero-order chi connectivity index (χ0) is 31.1. The molecule has 4 aromatic rings. The van der Waals surface area contributed by atoms with E-state index < -0.39 is 53.5 Å². The van der Waals surface area contributed by atoms with Crippen LogP contribution in [0.25, 0.3) is 33.2 Å². The Bertz CT molecular complexity index is 1660. The summed E-state index contributed by atoms with van der Waals surface area (Å²) in [5.41, 5.74) is 0.313. The van der Waals surface area contributed by atoms with Crippen molar-refractivity contribution in [3.63, 3.8) is 0 Å². The average Bonchev–Trinajstić information content (AvgIpc) is 3.33. The van der Waals surface area contributed by atoms with Crippen LogP contribution in [0.4, 0.5) is 26.7 Å². The maximum absolute atomic E-state index is 15.0. The van der Waals surface area contributed by atoms with Gasteiger partial charge in [-0.05, 0) is 62.2 Å². The Balaban J connectivity index is 1.49. The molecule has 0 radical (unpaired) electrons. The summed E-state index contributed by atoms with van der Waals surface area (Å²) in [6, 6.07) is 12.3. The number of likely N-dealkylation sites (tertiary alicyclic amines) is 1. The van der Waals surface area contributed by atoms with Crippen LogP contribution in [0.3, 0.4) is 0 Å². The van der Waals surface area contributed by atoms with Gasteiger partial charge < -0.3 is 19.4 Å². The summed E-state index contributed by atoms with van der Waals surface area (Å²) >= 11 is 0. The summed E-state index contributed by atoms with van der Waals surface area (Å²) in [5, 5.41) is 3.02. The minimum absolute atomic E-state index is 0.0143. The van der Waals surface area contributed by atoms with E-state index in [4.69, 9.17) is 9.15 Å². The van der Waals surface area contributed by atoms with Crippen LogP contribution in [0.2, 0.25) is 0 Å². The number of nitrogens with one attached hydrogen (secondary N) is 1. The van der Waals surface area contributed by atoms with Gasteiger partial charge in [-0.2, -0.15) is 0 Å². The van der Waals surface area contributed by atoms with Crippen LogP contribution in [0.5, 0.6) is 0 Å². The Kier molecular flexibility index (Phi) is 7.93. The maximum Gasteiger partial charge on any atom is 0.408 e. The van der Waals surface area contributed by atoms with E-state index in [9.17, 15) is 31.5 Å². The van der Waals surface area contributed by atoms with Gasteiger partial charge in [-0.1, -0.05) is 12.1 Å². The molecule has 0 aliphatic carbocycles. The molecule has 0 saturated carbocycles. The van der Waals surface area contributed by atoms with E-state index in [1.165, 1.54) is 11.0 Å². The van der Waals surface area contributed by atoms with Crippen LogP contribution < -0.4 is 5.32 Å². The number of fused-ring (bicyclic) bond motifs is 1. The van der Waals surface area contributed by atoms with Gasteiger partial charge in [0.1, 0.15) is 34.4 Å². The second kappa shape index (κ2) is 11.3. The number of hydrogen-bond acceptors (Lipinski definition) is 4. The highest BCUT2D eigenvalue weighted by Gasteiger charge is 2.35. The lowest BCUT2D eigenvalue weighted by molar-refractivity contribution is -0.0494. The van der Waals surface area contributed by atoms with Gasteiger partial charge in [0, 0.05) is 54.6 Å². The van der Waals surface area contributed by atoms with Gasteiger partial charge in [-0.25, -0.2) is 26.7 Å². The molecule has 3 aromatic carbocycles. The molecule has 1 N–H and O–H groups in total. The van der Waals surface area contributed by atoms with Crippen LogP contribution >= 0.6 is 0 Å². The van der Waals surface area contributed by atoms with Crippen molar-refractivity contribution in [3.8, 4) is 22.3 Å². The number of ether oxygens (including phenoxy) is 1. The standard InChI is InChI=1S/C32H29F5N2O4/c1-31(2,3)43-30(41)38-17-23-13-21-12-20(14-24(28(21)42-23)27-25(34)15-22(33)16-26(27)35)18-4-6-19(7-5-18)29(40)39-10-8-32(36,37)9-11-39/h4-7,12-16H,8-11,17H2,1-3H3,(H,38,41). The van der Waals surface area contributed by atoms with E-state index in [-0.39, 0.29) is 42.4 Å². The normalized spacial score (nSPS) is 15.0. The molecule has 0 spiro atoms. The van der Waals surface area contributed by atoms with Crippen LogP contribution in [0.15, 0.2) is 59.0 Å². The highest BCUT2D eigenvalue weighted by atomic mass is 19.3. The highest BCUT2D eigenvalue weighted by Crippen LogP contribution is 2.39. The molecule has 6 nitrogen and oxygen atoms in total. The number of furan rings is 1. The van der Waals surface area contributed by atoms with Gasteiger partial charge >= 0.3 is 6.09 Å². The molecule has 0 bridgehead atoms. The Morgan fingerprint density at radius 3 is 2.16 bits per heavy atom. The van der Waals surface area contributed by atoms with E-state index in [1.54, 1.807) is 57.2 Å². The molecule has 1 aliphatic heterocycles.